The molecule has 4 rings (SSSR count). The molecule has 0 saturated carbocycles. The third-order valence-electron chi connectivity index (χ3n) is 3.85. The molecule has 6 nitrogen and oxygen atoms in total. The number of fused-ring (bicyclic) bond motifs is 1. The first-order valence-electron chi connectivity index (χ1n) is 7.88. The van der Waals surface area contributed by atoms with E-state index >= 15 is 0 Å². The van der Waals surface area contributed by atoms with E-state index in [0.29, 0.717) is 33.8 Å². The minimum atomic E-state index is 0.120. The van der Waals surface area contributed by atoms with Crippen molar-refractivity contribution in [2.24, 2.45) is 0 Å². The second-order valence-electron chi connectivity index (χ2n) is 5.45. The van der Waals surface area contributed by atoms with Crippen LogP contribution >= 0.6 is 11.6 Å². The topological polar surface area (TPSA) is 70.3 Å². The highest BCUT2D eigenvalue weighted by Crippen LogP contribution is 2.30. The van der Waals surface area contributed by atoms with Crippen molar-refractivity contribution < 1.29 is 14.0 Å². The molecule has 2 aromatic heterocycles. The summed E-state index contributed by atoms with van der Waals surface area (Å²) in [6, 6.07) is 14.7. The van der Waals surface area contributed by atoms with Gasteiger partial charge in [-0.05, 0) is 36.4 Å². The number of para-hydroxylation sites is 1. The van der Waals surface area contributed by atoms with Gasteiger partial charge in [0.1, 0.15) is 17.0 Å². The van der Waals surface area contributed by atoms with Crippen LogP contribution in [0.5, 0.6) is 11.5 Å². The summed E-state index contributed by atoms with van der Waals surface area (Å²) in [5.74, 6) is 2.07. The number of pyridine rings is 1. The van der Waals surface area contributed by atoms with Crippen LogP contribution in [0.15, 0.2) is 59.3 Å². The number of rotatable bonds is 5. The van der Waals surface area contributed by atoms with E-state index in [1.807, 2.05) is 36.4 Å². The third-order valence-corrected chi connectivity index (χ3v) is 4.18. The van der Waals surface area contributed by atoms with Gasteiger partial charge in [-0.2, -0.15) is 4.98 Å². The summed E-state index contributed by atoms with van der Waals surface area (Å²) >= 11 is 6.20. The van der Waals surface area contributed by atoms with E-state index in [9.17, 15) is 0 Å². The molecule has 0 spiro atoms. The van der Waals surface area contributed by atoms with E-state index in [0.717, 1.165) is 10.9 Å². The standard InChI is InChI=1S/C19H14ClN3O3/c1-24-15-7-3-2-5-13(15)19-22-17(26-23-19)11-25-16-9-8-14(20)12-6-4-10-21-18(12)16/h2-10H,11H2,1H3. The van der Waals surface area contributed by atoms with Gasteiger partial charge in [0.25, 0.3) is 5.89 Å². The molecular weight excluding hydrogens is 354 g/mol. The predicted molar refractivity (Wildman–Crippen MR) is 97.4 cm³/mol. The maximum Gasteiger partial charge on any atom is 0.264 e. The average molecular weight is 368 g/mol. The zero-order chi connectivity index (χ0) is 17.9. The Labute approximate surface area is 154 Å². The second kappa shape index (κ2) is 7.01. The van der Waals surface area contributed by atoms with Crippen molar-refractivity contribution in [3.63, 3.8) is 0 Å². The molecular formula is C19H14ClN3O3. The molecule has 0 fully saturated rings. The van der Waals surface area contributed by atoms with Gasteiger partial charge in [-0.3, -0.25) is 4.98 Å². The highest BCUT2D eigenvalue weighted by atomic mass is 35.5. The fourth-order valence-corrected chi connectivity index (χ4v) is 2.84. The monoisotopic (exact) mass is 367 g/mol. The van der Waals surface area contributed by atoms with Crippen molar-refractivity contribution in [2.75, 3.05) is 7.11 Å². The molecule has 0 radical (unpaired) electrons. The fraction of sp³-hybridized carbons (Fsp3) is 0.105. The summed E-state index contributed by atoms with van der Waals surface area (Å²) in [4.78, 5) is 8.71. The summed E-state index contributed by atoms with van der Waals surface area (Å²) in [5.41, 5.74) is 1.44. The molecule has 7 heteroatoms. The molecule has 4 aromatic rings. The second-order valence-corrected chi connectivity index (χ2v) is 5.85. The molecule has 0 N–H and O–H groups in total. The van der Waals surface area contributed by atoms with Crippen molar-refractivity contribution in [3.8, 4) is 22.9 Å². The van der Waals surface area contributed by atoms with Crippen molar-refractivity contribution in [1.29, 1.82) is 0 Å². The number of aromatic nitrogens is 3. The Morgan fingerprint density at radius 2 is 1.92 bits per heavy atom. The molecule has 2 heterocycles. The lowest BCUT2D eigenvalue weighted by Gasteiger charge is -2.07. The van der Waals surface area contributed by atoms with Gasteiger partial charge in [0, 0.05) is 11.6 Å². The van der Waals surface area contributed by atoms with E-state index in [1.54, 1.807) is 25.4 Å². The van der Waals surface area contributed by atoms with Crippen LogP contribution in [0.1, 0.15) is 5.89 Å². The van der Waals surface area contributed by atoms with Crippen LogP contribution in [-0.2, 0) is 6.61 Å². The number of ether oxygens (including phenoxy) is 2. The molecule has 0 atom stereocenters. The first-order chi connectivity index (χ1) is 12.8. The van der Waals surface area contributed by atoms with Gasteiger partial charge >= 0.3 is 0 Å². The van der Waals surface area contributed by atoms with E-state index in [2.05, 4.69) is 15.1 Å². The quantitative estimate of drug-likeness (QED) is 0.516. The van der Waals surface area contributed by atoms with Gasteiger partial charge in [-0.1, -0.05) is 28.9 Å². The Balaban J connectivity index is 1.57. The molecule has 0 aliphatic heterocycles. The molecule has 0 amide bonds. The Hall–Kier alpha value is -3.12. The average Bonchev–Trinajstić information content (AvgIpc) is 3.16. The lowest BCUT2D eigenvalue weighted by molar-refractivity contribution is 0.245. The van der Waals surface area contributed by atoms with Crippen molar-refractivity contribution >= 4 is 22.5 Å². The Bertz CT molecular complexity index is 1060. The summed E-state index contributed by atoms with van der Waals surface area (Å²) in [7, 11) is 1.60. The Morgan fingerprint density at radius 1 is 1.04 bits per heavy atom. The third kappa shape index (κ3) is 3.07. The predicted octanol–water partition coefficient (Wildman–Crippen LogP) is 4.53. The largest absolute Gasteiger partial charge is 0.496 e. The smallest absolute Gasteiger partial charge is 0.264 e. The number of halogens is 1. The van der Waals surface area contributed by atoms with Gasteiger partial charge in [-0.25, -0.2) is 0 Å². The first kappa shape index (κ1) is 16.4. The zero-order valence-electron chi connectivity index (χ0n) is 13.8. The summed E-state index contributed by atoms with van der Waals surface area (Å²) < 4.78 is 16.4. The Kier molecular flexibility index (Phi) is 4.41. The molecule has 0 bridgehead atoms. The lowest BCUT2D eigenvalue weighted by Crippen LogP contribution is -1.97. The van der Waals surface area contributed by atoms with Crippen LogP contribution in [0.25, 0.3) is 22.3 Å². The van der Waals surface area contributed by atoms with E-state index in [1.165, 1.54) is 0 Å². The van der Waals surface area contributed by atoms with Crippen LogP contribution in [0.3, 0.4) is 0 Å². The van der Waals surface area contributed by atoms with Crippen LogP contribution in [0, 0.1) is 0 Å². The van der Waals surface area contributed by atoms with Crippen LogP contribution in [0.2, 0.25) is 5.02 Å². The van der Waals surface area contributed by atoms with E-state index in [-0.39, 0.29) is 6.61 Å². The highest BCUT2D eigenvalue weighted by molar-refractivity contribution is 6.35. The summed E-state index contributed by atoms with van der Waals surface area (Å²) in [6.07, 6.45) is 1.69. The van der Waals surface area contributed by atoms with Gasteiger partial charge < -0.3 is 14.0 Å². The molecule has 26 heavy (non-hydrogen) atoms. The molecule has 130 valence electrons. The number of hydrogen-bond acceptors (Lipinski definition) is 6. The normalized spacial score (nSPS) is 10.8. The maximum absolute atomic E-state index is 6.20. The van der Waals surface area contributed by atoms with Crippen molar-refractivity contribution in [2.45, 2.75) is 6.61 Å². The molecule has 0 unspecified atom stereocenters. The van der Waals surface area contributed by atoms with Gasteiger partial charge in [-0.15, -0.1) is 0 Å². The van der Waals surface area contributed by atoms with Crippen molar-refractivity contribution in [1.82, 2.24) is 15.1 Å². The van der Waals surface area contributed by atoms with E-state index < -0.39 is 0 Å². The first-order valence-corrected chi connectivity index (χ1v) is 8.26. The fourth-order valence-electron chi connectivity index (χ4n) is 2.62. The molecule has 0 aliphatic rings. The molecule has 0 aliphatic carbocycles. The van der Waals surface area contributed by atoms with Crippen LogP contribution in [-0.4, -0.2) is 22.2 Å². The Morgan fingerprint density at radius 3 is 2.81 bits per heavy atom. The minimum Gasteiger partial charge on any atom is -0.496 e. The molecule has 2 aromatic carbocycles. The van der Waals surface area contributed by atoms with E-state index in [4.69, 9.17) is 25.6 Å². The van der Waals surface area contributed by atoms with Gasteiger partial charge in [0.2, 0.25) is 5.82 Å². The van der Waals surface area contributed by atoms with Crippen LogP contribution < -0.4 is 9.47 Å². The highest BCUT2D eigenvalue weighted by Gasteiger charge is 2.14. The minimum absolute atomic E-state index is 0.120. The zero-order valence-corrected chi connectivity index (χ0v) is 14.6. The number of hydrogen-bond donors (Lipinski definition) is 0. The summed E-state index contributed by atoms with van der Waals surface area (Å²) in [5, 5.41) is 5.45. The SMILES string of the molecule is COc1ccccc1-c1noc(COc2ccc(Cl)c3cccnc23)n1. The number of methoxy groups -OCH3 is 1. The van der Waals surface area contributed by atoms with Crippen LogP contribution in [0.4, 0.5) is 0 Å². The maximum atomic E-state index is 6.20. The van der Waals surface area contributed by atoms with Crippen molar-refractivity contribution in [3.05, 3.63) is 65.6 Å². The number of benzene rings is 2. The lowest BCUT2D eigenvalue weighted by atomic mass is 10.2. The van der Waals surface area contributed by atoms with Gasteiger partial charge in [0.05, 0.1) is 17.7 Å². The van der Waals surface area contributed by atoms with Gasteiger partial charge in [0.15, 0.2) is 6.61 Å². The molecule has 0 saturated heterocycles. The summed E-state index contributed by atoms with van der Waals surface area (Å²) in [6.45, 7) is 0.120. The number of nitrogens with zero attached hydrogens (tertiary/aromatic N) is 3.